The number of hydrogen-bond donors (Lipinski definition) is 2. The summed E-state index contributed by atoms with van der Waals surface area (Å²) >= 11 is 0. The van der Waals surface area contributed by atoms with Crippen molar-refractivity contribution < 1.29 is 22.8 Å². The molecular formula is C17H21N3O5S. The van der Waals surface area contributed by atoms with E-state index in [0.717, 1.165) is 0 Å². The Morgan fingerprint density at radius 2 is 1.73 bits per heavy atom. The predicted molar refractivity (Wildman–Crippen MR) is 96.3 cm³/mol. The Hall–Kier alpha value is -2.42. The molecule has 2 aliphatic rings. The maximum Gasteiger partial charge on any atom is 0.229 e. The number of benzene rings is 1. The molecule has 0 bridgehead atoms. The zero-order chi connectivity index (χ0) is 18.9. The van der Waals surface area contributed by atoms with Gasteiger partial charge in [-0.15, -0.1) is 0 Å². The molecule has 26 heavy (non-hydrogen) atoms. The Bertz CT molecular complexity index is 834. The van der Waals surface area contributed by atoms with Gasteiger partial charge in [0.25, 0.3) is 0 Å². The second-order valence-corrected chi connectivity index (χ2v) is 8.98. The van der Waals surface area contributed by atoms with E-state index < -0.39 is 15.8 Å². The summed E-state index contributed by atoms with van der Waals surface area (Å²) in [5.41, 5.74) is 1.19. The first kappa shape index (κ1) is 18.4. The van der Waals surface area contributed by atoms with Crippen LogP contribution in [0.3, 0.4) is 0 Å². The van der Waals surface area contributed by atoms with Crippen LogP contribution < -0.4 is 10.6 Å². The molecule has 2 atom stereocenters. The lowest BCUT2D eigenvalue weighted by Gasteiger charge is -2.22. The highest BCUT2D eigenvalue weighted by Crippen LogP contribution is 2.27. The number of amides is 3. The fourth-order valence-corrected chi connectivity index (χ4v) is 5.10. The number of anilines is 2. The second kappa shape index (κ2) is 7.06. The summed E-state index contributed by atoms with van der Waals surface area (Å²) < 4.78 is 23.2. The van der Waals surface area contributed by atoms with Gasteiger partial charge in [0.05, 0.1) is 17.4 Å². The molecule has 0 saturated carbocycles. The second-order valence-electron chi connectivity index (χ2n) is 6.75. The monoisotopic (exact) mass is 379 g/mol. The average Bonchev–Trinajstić information content (AvgIpc) is 3.11. The van der Waals surface area contributed by atoms with Crippen molar-refractivity contribution in [2.24, 2.45) is 5.92 Å². The number of hydrogen-bond acceptors (Lipinski definition) is 5. The average molecular weight is 379 g/mol. The maximum atomic E-state index is 12.4. The fraction of sp³-hybridized carbons (Fsp3) is 0.471. The summed E-state index contributed by atoms with van der Waals surface area (Å²) in [4.78, 5) is 37.2. The number of carbonyl (C=O) groups excluding carboxylic acids is 3. The van der Waals surface area contributed by atoms with Crippen molar-refractivity contribution in [3.63, 3.8) is 0 Å². The van der Waals surface area contributed by atoms with Gasteiger partial charge in [-0.3, -0.25) is 14.4 Å². The third kappa shape index (κ3) is 4.21. The van der Waals surface area contributed by atoms with E-state index in [1.807, 2.05) is 0 Å². The van der Waals surface area contributed by atoms with Crippen molar-refractivity contribution >= 4 is 38.9 Å². The SMILES string of the molecule is CC(=O)Nc1ccc(NC(=O)C2CC(=O)N(C3CCS(=O)(=O)C3)C2)cc1. The molecule has 2 fully saturated rings. The smallest absolute Gasteiger partial charge is 0.229 e. The normalized spacial score (nSPS) is 24.5. The Labute approximate surface area is 151 Å². The van der Waals surface area contributed by atoms with Crippen molar-refractivity contribution in [2.45, 2.75) is 25.8 Å². The minimum atomic E-state index is -3.08. The molecule has 3 amide bonds. The molecule has 2 N–H and O–H groups in total. The summed E-state index contributed by atoms with van der Waals surface area (Å²) in [5, 5.41) is 5.40. The molecule has 2 aliphatic heterocycles. The highest BCUT2D eigenvalue weighted by Gasteiger charge is 2.41. The maximum absolute atomic E-state index is 12.4. The molecule has 140 valence electrons. The van der Waals surface area contributed by atoms with Gasteiger partial charge < -0.3 is 15.5 Å². The van der Waals surface area contributed by atoms with Crippen LogP contribution >= 0.6 is 0 Å². The number of nitrogens with zero attached hydrogens (tertiary/aromatic N) is 1. The van der Waals surface area contributed by atoms with E-state index in [1.54, 1.807) is 24.3 Å². The van der Waals surface area contributed by atoms with Crippen LogP contribution in [-0.4, -0.2) is 55.1 Å². The molecule has 1 aromatic carbocycles. The quantitative estimate of drug-likeness (QED) is 0.796. The third-order valence-electron chi connectivity index (χ3n) is 4.65. The fourth-order valence-electron chi connectivity index (χ4n) is 3.37. The van der Waals surface area contributed by atoms with Crippen LogP contribution in [0.2, 0.25) is 0 Å². The van der Waals surface area contributed by atoms with Crippen LogP contribution in [0.15, 0.2) is 24.3 Å². The Morgan fingerprint density at radius 3 is 2.27 bits per heavy atom. The van der Waals surface area contributed by atoms with Crippen molar-refractivity contribution in [3.8, 4) is 0 Å². The highest BCUT2D eigenvalue weighted by atomic mass is 32.2. The van der Waals surface area contributed by atoms with Crippen LogP contribution in [0.4, 0.5) is 11.4 Å². The summed E-state index contributed by atoms with van der Waals surface area (Å²) in [7, 11) is -3.08. The van der Waals surface area contributed by atoms with Gasteiger partial charge in [0.15, 0.2) is 9.84 Å². The van der Waals surface area contributed by atoms with Gasteiger partial charge in [-0.05, 0) is 30.7 Å². The van der Waals surface area contributed by atoms with Crippen LogP contribution in [0.5, 0.6) is 0 Å². The lowest BCUT2D eigenvalue weighted by molar-refractivity contribution is -0.129. The van der Waals surface area contributed by atoms with Gasteiger partial charge in [0, 0.05) is 37.3 Å². The number of sulfone groups is 1. The van der Waals surface area contributed by atoms with Crippen LogP contribution in [0.25, 0.3) is 0 Å². The lowest BCUT2D eigenvalue weighted by Crippen LogP contribution is -2.38. The number of rotatable bonds is 4. The largest absolute Gasteiger partial charge is 0.338 e. The molecule has 1 aromatic rings. The van der Waals surface area contributed by atoms with E-state index in [9.17, 15) is 22.8 Å². The first-order chi connectivity index (χ1) is 12.2. The van der Waals surface area contributed by atoms with E-state index >= 15 is 0 Å². The Morgan fingerprint density at radius 1 is 1.12 bits per heavy atom. The summed E-state index contributed by atoms with van der Waals surface area (Å²) in [6, 6.07) is 6.36. The molecule has 2 heterocycles. The zero-order valence-electron chi connectivity index (χ0n) is 14.4. The minimum Gasteiger partial charge on any atom is -0.338 e. The van der Waals surface area contributed by atoms with Crippen molar-refractivity contribution in [1.29, 1.82) is 0 Å². The van der Waals surface area contributed by atoms with Gasteiger partial charge in [-0.2, -0.15) is 0 Å². The van der Waals surface area contributed by atoms with Gasteiger partial charge in [-0.25, -0.2) is 8.42 Å². The van der Waals surface area contributed by atoms with Gasteiger partial charge in [0.2, 0.25) is 17.7 Å². The van der Waals surface area contributed by atoms with Gasteiger partial charge in [0.1, 0.15) is 0 Å². The number of nitrogens with one attached hydrogen (secondary N) is 2. The molecule has 0 aromatic heterocycles. The van der Waals surface area contributed by atoms with Crippen molar-refractivity contribution in [2.75, 3.05) is 28.7 Å². The molecule has 9 heteroatoms. The molecule has 8 nitrogen and oxygen atoms in total. The third-order valence-corrected chi connectivity index (χ3v) is 6.40. The van der Waals surface area contributed by atoms with Crippen LogP contribution in [0, 0.1) is 5.92 Å². The number of carbonyl (C=O) groups is 3. The van der Waals surface area contributed by atoms with E-state index in [0.29, 0.717) is 17.8 Å². The standard InChI is InChI=1S/C17H21N3O5S/c1-11(21)18-13-2-4-14(5-3-13)19-17(23)12-8-16(22)20(9-12)15-6-7-26(24,25)10-15/h2-5,12,15H,6-10H2,1H3,(H,18,21)(H,19,23). The van der Waals surface area contributed by atoms with E-state index in [2.05, 4.69) is 10.6 Å². The van der Waals surface area contributed by atoms with E-state index in [4.69, 9.17) is 0 Å². The summed E-state index contributed by atoms with van der Waals surface area (Å²) in [6.45, 7) is 1.66. The summed E-state index contributed by atoms with van der Waals surface area (Å²) in [6.07, 6.45) is 0.527. The molecule has 0 radical (unpaired) electrons. The van der Waals surface area contributed by atoms with Gasteiger partial charge in [-0.1, -0.05) is 0 Å². The first-order valence-corrected chi connectivity index (χ1v) is 10.2. The van der Waals surface area contributed by atoms with Gasteiger partial charge >= 0.3 is 0 Å². The molecule has 0 aliphatic carbocycles. The Kier molecular flexibility index (Phi) is 4.99. The van der Waals surface area contributed by atoms with Crippen molar-refractivity contribution in [1.82, 2.24) is 4.90 Å². The van der Waals surface area contributed by atoms with E-state index in [-0.39, 0.29) is 48.2 Å². The van der Waals surface area contributed by atoms with Crippen LogP contribution in [0.1, 0.15) is 19.8 Å². The number of likely N-dealkylation sites (tertiary alicyclic amines) is 1. The lowest BCUT2D eigenvalue weighted by atomic mass is 10.1. The molecule has 2 saturated heterocycles. The minimum absolute atomic E-state index is 0.0162. The highest BCUT2D eigenvalue weighted by molar-refractivity contribution is 7.91. The molecule has 0 spiro atoms. The molecule has 3 rings (SSSR count). The zero-order valence-corrected chi connectivity index (χ0v) is 15.2. The molecule has 2 unspecified atom stereocenters. The summed E-state index contributed by atoms with van der Waals surface area (Å²) in [5.74, 6) is -1.04. The predicted octanol–water partition coefficient (Wildman–Crippen LogP) is 0.619. The van der Waals surface area contributed by atoms with Crippen LogP contribution in [-0.2, 0) is 24.2 Å². The topological polar surface area (TPSA) is 113 Å². The molecular weight excluding hydrogens is 358 g/mol. The van der Waals surface area contributed by atoms with Crippen molar-refractivity contribution in [3.05, 3.63) is 24.3 Å². The first-order valence-electron chi connectivity index (χ1n) is 8.42. The van der Waals surface area contributed by atoms with E-state index in [1.165, 1.54) is 11.8 Å². The Balaban J connectivity index is 1.59.